The number of rotatable bonds is 7. The molecular weight excluding hydrogens is 490 g/mol. The number of benzene rings is 2. The largest absolute Gasteiger partial charge is 0.480 e. The smallest absolute Gasteiger partial charge is 0.321 e. The molecular formula is C20H22BrN3O6S. The maximum absolute atomic E-state index is 13.1. The Morgan fingerprint density at radius 1 is 1.23 bits per heavy atom. The van der Waals surface area contributed by atoms with E-state index in [0.717, 1.165) is 16.1 Å². The van der Waals surface area contributed by atoms with E-state index in [1.807, 2.05) is 24.3 Å². The van der Waals surface area contributed by atoms with Crippen molar-refractivity contribution in [1.82, 2.24) is 9.21 Å². The third kappa shape index (κ3) is 5.12. The zero-order valence-electron chi connectivity index (χ0n) is 16.7. The summed E-state index contributed by atoms with van der Waals surface area (Å²) in [5.74, 6) is -0.981. The Balaban J connectivity index is 1.80. The Kier molecular flexibility index (Phi) is 7.10. The number of carbonyl (C=O) groups is 1. The van der Waals surface area contributed by atoms with Crippen LogP contribution in [0.2, 0.25) is 0 Å². The highest BCUT2D eigenvalue weighted by molar-refractivity contribution is 9.10. The molecule has 1 aliphatic heterocycles. The fourth-order valence-electron chi connectivity index (χ4n) is 3.78. The molecule has 11 heteroatoms. The number of aliphatic carboxylic acids is 1. The Labute approximate surface area is 188 Å². The van der Waals surface area contributed by atoms with Crippen LogP contribution in [0.4, 0.5) is 5.69 Å². The second-order valence-electron chi connectivity index (χ2n) is 7.37. The fourth-order valence-corrected chi connectivity index (χ4v) is 5.81. The van der Waals surface area contributed by atoms with E-state index in [1.165, 1.54) is 22.5 Å². The lowest BCUT2D eigenvalue weighted by Gasteiger charge is -2.41. The lowest BCUT2D eigenvalue weighted by molar-refractivity contribution is -0.387. The lowest BCUT2D eigenvalue weighted by Crippen LogP contribution is -2.58. The molecule has 0 amide bonds. The minimum absolute atomic E-state index is 0.0413. The summed E-state index contributed by atoms with van der Waals surface area (Å²) in [4.78, 5) is 23.9. The summed E-state index contributed by atoms with van der Waals surface area (Å²) in [6.45, 7) is 2.13. The monoisotopic (exact) mass is 511 g/mol. The summed E-state index contributed by atoms with van der Waals surface area (Å²) in [5, 5.41) is 21.1. The van der Waals surface area contributed by atoms with Gasteiger partial charge in [0.15, 0.2) is 4.90 Å². The normalized spacial score (nSPS) is 19.1. The highest BCUT2D eigenvalue weighted by atomic mass is 79.9. The second kappa shape index (κ2) is 9.43. The highest BCUT2D eigenvalue weighted by Gasteiger charge is 2.39. The van der Waals surface area contributed by atoms with Gasteiger partial charge in [-0.15, -0.1) is 0 Å². The van der Waals surface area contributed by atoms with Gasteiger partial charge in [0.2, 0.25) is 10.0 Å². The van der Waals surface area contributed by atoms with Gasteiger partial charge in [-0.2, -0.15) is 4.31 Å². The first-order valence-corrected chi connectivity index (χ1v) is 11.8. The van der Waals surface area contributed by atoms with Gasteiger partial charge in [-0.1, -0.05) is 40.2 Å². The molecule has 1 heterocycles. The second-order valence-corrected chi connectivity index (χ2v) is 10.1. The SMILES string of the molecule is C[C@H]1CN([C@@H](Cc2ccc(Br)cc2)C(=O)O)CCN1S(=O)(=O)c1ccccc1[N+](=O)[O-]. The molecule has 1 aliphatic rings. The standard InChI is InChI=1S/C20H22BrN3O6S/c1-14-13-22(18(20(25)26)12-15-6-8-16(21)9-7-15)10-11-23(14)31(29,30)19-5-3-2-4-17(19)24(27)28/h2-9,14,18H,10-13H2,1H3,(H,25,26)/t14-,18-/m0/s1. The Bertz CT molecular complexity index is 1080. The predicted molar refractivity (Wildman–Crippen MR) is 117 cm³/mol. The van der Waals surface area contributed by atoms with Crippen LogP contribution in [0.3, 0.4) is 0 Å². The van der Waals surface area contributed by atoms with E-state index in [9.17, 15) is 28.4 Å². The minimum atomic E-state index is -4.11. The van der Waals surface area contributed by atoms with Crippen molar-refractivity contribution < 1.29 is 23.2 Å². The molecule has 0 aliphatic carbocycles. The van der Waals surface area contributed by atoms with Crippen LogP contribution in [-0.4, -0.2) is 65.3 Å². The van der Waals surface area contributed by atoms with Gasteiger partial charge in [0.1, 0.15) is 6.04 Å². The average Bonchev–Trinajstić information content (AvgIpc) is 2.72. The van der Waals surface area contributed by atoms with E-state index in [1.54, 1.807) is 11.8 Å². The number of hydrogen-bond acceptors (Lipinski definition) is 6. The molecule has 0 radical (unpaired) electrons. The number of halogens is 1. The Morgan fingerprint density at radius 3 is 2.45 bits per heavy atom. The van der Waals surface area contributed by atoms with Crippen molar-refractivity contribution in [3.8, 4) is 0 Å². The van der Waals surface area contributed by atoms with E-state index in [2.05, 4.69) is 15.9 Å². The lowest BCUT2D eigenvalue weighted by atomic mass is 10.0. The number of para-hydroxylation sites is 1. The van der Waals surface area contributed by atoms with Crippen LogP contribution in [0, 0.1) is 10.1 Å². The maximum atomic E-state index is 13.1. The minimum Gasteiger partial charge on any atom is -0.480 e. The Morgan fingerprint density at radius 2 is 1.87 bits per heavy atom. The van der Waals surface area contributed by atoms with Gasteiger partial charge in [-0.25, -0.2) is 8.42 Å². The van der Waals surface area contributed by atoms with Gasteiger partial charge in [0.05, 0.1) is 4.92 Å². The molecule has 1 fully saturated rings. The van der Waals surface area contributed by atoms with Crippen LogP contribution < -0.4 is 0 Å². The van der Waals surface area contributed by atoms with Gasteiger partial charge in [0, 0.05) is 36.2 Å². The number of nitro groups is 1. The molecule has 31 heavy (non-hydrogen) atoms. The van der Waals surface area contributed by atoms with Crippen molar-refractivity contribution in [2.24, 2.45) is 0 Å². The third-order valence-corrected chi connectivity index (χ3v) is 7.90. The number of carboxylic acid groups (broad SMARTS) is 1. The van der Waals surface area contributed by atoms with Crippen LogP contribution in [-0.2, 0) is 21.2 Å². The summed E-state index contributed by atoms with van der Waals surface area (Å²) in [6, 6.07) is 11.3. The molecule has 0 unspecified atom stereocenters. The molecule has 0 spiro atoms. The number of carboxylic acids is 1. The molecule has 1 saturated heterocycles. The van der Waals surface area contributed by atoms with Crippen LogP contribution in [0.5, 0.6) is 0 Å². The molecule has 2 atom stereocenters. The van der Waals surface area contributed by atoms with Crippen molar-refractivity contribution >= 4 is 37.6 Å². The molecule has 3 rings (SSSR count). The Hall–Kier alpha value is -2.34. The molecule has 0 aromatic heterocycles. The van der Waals surface area contributed by atoms with E-state index in [-0.39, 0.29) is 31.0 Å². The highest BCUT2D eigenvalue weighted by Crippen LogP contribution is 2.29. The van der Waals surface area contributed by atoms with Gasteiger partial charge >= 0.3 is 5.97 Å². The fraction of sp³-hybridized carbons (Fsp3) is 0.350. The average molecular weight is 512 g/mol. The van der Waals surface area contributed by atoms with Gasteiger partial charge in [-0.3, -0.25) is 19.8 Å². The number of nitrogens with zero attached hydrogens (tertiary/aromatic N) is 3. The zero-order valence-corrected chi connectivity index (χ0v) is 19.1. The van der Waals surface area contributed by atoms with Crippen molar-refractivity contribution in [1.29, 1.82) is 0 Å². The number of nitro benzene ring substituents is 1. The quantitative estimate of drug-likeness (QED) is 0.447. The summed E-state index contributed by atoms with van der Waals surface area (Å²) in [7, 11) is -4.11. The van der Waals surface area contributed by atoms with Crippen molar-refractivity contribution in [3.63, 3.8) is 0 Å². The van der Waals surface area contributed by atoms with E-state index >= 15 is 0 Å². The molecule has 166 valence electrons. The molecule has 0 bridgehead atoms. The number of sulfonamides is 1. The summed E-state index contributed by atoms with van der Waals surface area (Å²) in [5.41, 5.74) is 0.383. The molecule has 9 nitrogen and oxygen atoms in total. The van der Waals surface area contributed by atoms with Crippen molar-refractivity contribution in [2.75, 3.05) is 19.6 Å². The van der Waals surface area contributed by atoms with Gasteiger partial charge < -0.3 is 5.11 Å². The van der Waals surface area contributed by atoms with Crippen molar-refractivity contribution in [3.05, 3.63) is 68.7 Å². The summed E-state index contributed by atoms with van der Waals surface area (Å²) >= 11 is 3.35. The van der Waals surface area contributed by atoms with Crippen LogP contribution >= 0.6 is 15.9 Å². The van der Waals surface area contributed by atoms with E-state index in [4.69, 9.17) is 0 Å². The van der Waals surface area contributed by atoms with E-state index in [0.29, 0.717) is 0 Å². The van der Waals surface area contributed by atoms with Crippen LogP contribution in [0.25, 0.3) is 0 Å². The predicted octanol–water partition coefficient (Wildman–Crippen LogP) is 2.75. The van der Waals surface area contributed by atoms with Crippen LogP contribution in [0.1, 0.15) is 12.5 Å². The first-order valence-electron chi connectivity index (χ1n) is 9.58. The third-order valence-electron chi connectivity index (χ3n) is 5.31. The van der Waals surface area contributed by atoms with Crippen LogP contribution in [0.15, 0.2) is 57.9 Å². The first-order chi connectivity index (χ1) is 14.6. The van der Waals surface area contributed by atoms with Crippen molar-refractivity contribution in [2.45, 2.75) is 30.3 Å². The molecule has 0 saturated carbocycles. The summed E-state index contributed by atoms with van der Waals surface area (Å²) < 4.78 is 28.4. The zero-order chi connectivity index (χ0) is 22.8. The number of piperazine rings is 1. The topological polar surface area (TPSA) is 121 Å². The van der Waals surface area contributed by atoms with Gasteiger partial charge in [0.25, 0.3) is 5.69 Å². The summed E-state index contributed by atoms with van der Waals surface area (Å²) in [6.07, 6.45) is 0.284. The maximum Gasteiger partial charge on any atom is 0.321 e. The first kappa shape index (κ1) is 23.3. The van der Waals surface area contributed by atoms with E-state index < -0.39 is 38.7 Å². The molecule has 2 aromatic rings. The van der Waals surface area contributed by atoms with Gasteiger partial charge in [-0.05, 0) is 37.1 Å². The molecule has 2 aromatic carbocycles. The molecule has 1 N–H and O–H groups in total. The number of hydrogen-bond donors (Lipinski definition) is 1.